The number of hydrogen-bond donors (Lipinski definition) is 1. The molecule has 0 aromatic heterocycles. The first-order chi connectivity index (χ1) is 5.66. The van der Waals surface area contributed by atoms with Crippen LogP contribution >= 0.6 is 24.4 Å². The van der Waals surface area contributed by atoms with E-state index in [1.807, 2.05) is 33.8 Å². The van der Waals surface area contributed by atoms with Gasteiger partial charge in [0.1, 0.15) is 0 Å². The second-order valence-corrected chi connectivity index (χ2v) is 2.99. The molecule has 0 aromatic rings. The first-order valence-corrected chi connectivity index (χ1v) is 4.95. The fourth-order valence-electron chi connectivity index (χ4n) is 0.370. The van der Waals surface area contributed by atoms with E-state index in [4.69, 9.17) is 24.4 Å². The highest BCUT2D eigenvalue weighted by molar-refractivity contribution is 7.80. The van der Waals surface area contributed by atoms with E-state index in [2.05, 4.69) is 5.32 Å². The van der Waals surface area contributed by atoms with Gasteiger partial charge in [0, 0.05) is 11.1 Å². The van der Waals surface area contributed by atoms with Crippen LogP contribution in [0.1, 0.15) is 41.5 Å². The number of thiocarbonyl (C=S) groups is 2. The molecule has 1 N–H and O–H groups in total. The summed E-state index contributed by atoms with van der Waals surface area (Å²) in [5.74, 6) is 0. The van der Waals surface area contributed by atoms with Crippen molar-refractivity contribution < 1.29 is 0 Å². The van der Waals surface area contributed by atoms with E-state index in [-0.39, 0.29) is 7.43 Å². The van der Waals surface area contributed by atoms with Crippen molar-refractivity contribution in [3.63, 3.8) is 0 Å². The maximum atomic E-state index is 4.94. The van der Waals surface area contributed by atoms with Gasteiger partial charge >= 0.3 is 0 Å². The molecule has 0 aliphatic carbocycles. The molecule has 13 heavy (non-hydrogen) atoms. The average molecular weight is 219 g/mol. The Kier molecular flexibility index (Phi) is 20.3. The van der Waals surface area contributed by atoms with Gasteiger partial charge in [-0.3, -0.25) is 0 Å². The number of hydrogen-bond acceptors (Lipinski definition) is 2. The van der Waals surface area contributed by atoms with Crippen LogP contribution in [0, 0.1) is 0 Å². The molecule has 0 unspecified atom stereocenters. The molecule has 0 saturated heterocycles. The van der Waals surface area contributed by atoms with Gasteiger partial charge in [-0.25, -0.2) is 0 Å². The van der Waals surface area contributed by atoms with Gasteiger partial charge in [0.25, 0.3) is 0 Å². The second-order valence-electron chi connectivity index (χ2n) is 1.85. The van der Waals surface area contributed by atoms with E-state index in [0.29, 0.717) is 0 Å². The molecule has 0 heterocycles. The van der Waals surface area contributed by atoms with E-state index < -0.39 is 0 Å². The monoisotopic (exact) mass is 219 g/mol. The summed E-state index contributed by atoms with van der Waals surface area (Å²) in [4.78, 5) is 1.69. The van der Waals surface area contributed by atoms with E-state index in [9.17, 15) is 0 Å². The minimum absolute atomic E-state index is 0. The molecule has 0 bridgehead atoms. The van der Waals surface area contributed by atoms with Crippen molar-refractivity contribution in [2.24, 2.45) is 0 Å². The average Bonchev–Trinajstić information content (AvgIpc) is 2.07. The molecule has 78 valence electrons. The van der Waals surface area contributed by atoms with Gasteiger partial charge in [-0.1, -0.05) is 52.6 Å². The van der Waals surface area contributed by atoms with E-state index >= 15 is 0 Å². The summed E-state index contributed by atoms with van der Waals surface area (Å²) in [5.41, 5.74) is 0. The highest BCUT2D eigenvalue weighted by atomic mass is 32.1. The lowest BCUT2D eigenvalue weighted by Crippen LogP contribution is -2.09. The Morgan fingerprint density at radius 3 is 2.08 bits per heavy atom. The van der Waals surface area contributed by atoms with E-state index in [0.717, 1.165) is 16.3 Å². The molecule has 0 aliphatic heterocycles. The van der Waals surface area contributed by atoms with Crippen molar-refractivity contribution in [1.29, 1.82) is 0 Å². The third-order valence-electron chi connectivity index (χ3n) is 0.904. The standard InChI is InChI=1S/C7H11NS2.C2H6.CH4/c1-3-7(10)4-5-8-6(2)9;1-2;/h4-5H,3H2,1-2H3,(H,8,9);1-2H3;1H4. The van der Waals surface area contributed by atoms with Crippen molar-refractivity contribution in [3.05, 3.63) is 12.3 Å². The van der Waals surface area contributed by atoms with Crippen molar-refractivity contribution in [2.45, 2.75) is 41.5 Å². The molecule has 1 nitrogen and oxygen atoms in total. The smallest absolute Gasteiger partial charge is 0.0761 e. The topological polar surface area (TPSA) is 12.0 Å². The minimum Gasteiger partial charge on any atom is -0.356 e. The predicted molar refractivity (Wildman–Crippen MR) is 71.5 cm³/mol. The van der Waals surface area contributed by atoms with Crippen LogP contribution in [0.25, 0.3) is 0 Å². The highest BCUT2D eigenvalue weighted by Gasteiger charge is 1.82. The zero-order valence-corrected chi connectivity index (χ0v) is 9.81. The normalized spacial score (nSPS) is 8.00. The van der Waals surface area contributed by atoms with Gasteiger partial charge in [-0.15, -0.1) is 0 Å². The maximum absolute atomic E-state index is 4.94. The fraction of sp³-hybridized carbons (Fsp3) is 0.600. The summed E-state index contributed by atoms with van der Waals surface area (Å²) in [6, 6.07) is 0. The molecule has 0 spiro atoms. The lowest BCUT2D eigenvalue weighted by Gasteiger charge is -1.93. The maximum Gasteiger partial charge on any atom is 0.0761 e. The molecule has 0 atom stereocenters. The van der Waals surface area contributed by atoms with Crippen LogP contribution in [0.2, 0.25) is 0 Å². The molecule has 0 radical (unpaired) electrons. The zero-order chi connectivity index (χ0) is 9.98. The number of rotatable bonds is 3. The molecule has 0 amide bonds. The van der Waals surface area contributed by atoms with Gasteiger partial charge in [0.15, 0.2) is 0 Å². The summed E-state index contributed by atoms with van der Waals surface area (Å²) in [6.07, 6.45) is 4.53. The third kappa shape index (κ3) is 18.6. The van der Waals surface area contributed by atoms with E-state index in [1.165, 1.54) is 0 Å². The SMILES string of the molecule is C.CC.CCC(=S)C=CNC(C)=S. The van der Waals surface area contributed by atoms with Gasteiger partial charge in [-0.05, 0) is 19.4 Å². The first kappa shape index (κ1) is 18.5. The molecule has 0 fully saturated rings. The third-order valence-corrected chi connectivity index (χ3v) is 1.45. The lowest BCUT2D eigenvalue weighted by molar-refractivity contribution is 1.28. The Labute approximate surface area is 93.6 Å². The largest absolute Gasteiger partial charge is 0.356 e. The fourth-order valence-corrected chi connectivity index (χ4v) is 0.506. The molecule has 0 rings (SSSR count). The predicted octanol–water partition coefficient (Wildman–Crippen LogP) is 3.88. The van der Waals surface area contributed by atoms with Gasteiger partial charge in [-0.2, -0.15) is 0 Å². The van der Waals surface area contributed by atoms with Crippen molar-refractivity contribution in [3.8, 4) is 0 Å². The Hall–Kier alpha value is -0.280. The quantitative estimate of drug-likeness (QED) is 0.571. The van der Waals surface area contributed by atoms with Gasteiger partial charge < -0.3 is 5.32 Å². The molecule has 0 aliphatic rings. The molecular formula is C10H21NS2. The lowest BCUT2D eigenvalue weighted by atomic mass is 10.3. The van der Waals surface area contributed by atoms with Crippen LogP contribution in [0.15, 0.2) is 12.3 Å². The Bertz CT molecular complexity index is 162. The molecule has 3 heteroatoms. The summed E-state index contributed by atoms with van der Waals surface area (Å²) in [6.45, 7) is 7.85. The Morgan fingerprint density at radius 2 is 1.77 bits per heavy atom. The first-order valence-electron chi connectivity index (χ1n) is 4.13. The van der Waals surface area contributed by atoms with Crippen LogP contribution in [-0.2, 0) is 0 Å². The Balaban J connectivity index is -0.000000309. The Morgan fingerprint density at radius 1 is 1.31 bits per heavy atom. The second kappa shape index (κ2) is 14.3. The van der Waals surface area contributed by atoms with Crippen LogP contribution < -0.4 is 5.32 Å². The van der Waals surface area contributed by atoms with Gasteiger partial charge in [0.05, 0.1) is 4.99 Å². The number of allylic oxidation sites excluding steroid dienone is 1. The van der Waals surface area contributed by atoms with Crippen LogP contribution in [0.4, 0.5) is 0 Å². The highest BCUT2D eigenvalue weighted by Crippen LogP contribution is 1.85. The molecule has 0 saturated carbocycles. The summed E-state index contributed by atoms with van der Waals surface area (Å²) < 4.78 is 0. The summed E-state index contributed by atoms with van der Waals surface area (Å²) >= 11 is 9.72. The van der Waals surface area contributed by atoms with Crippen molar-refractivity contribution in [2.75, 3.05) is 0 Å². The zero-order valence-electron chi connectivity index (χ0n) is 8.18. The summed E-state index contributed by atoms with van der Waals surface area (Å²) in [5, 5.41) is 2.87. The van der Waals surface area contributed by atoms with Crippen LogP contribution in [-0.4, -0.2) is 9.85 Å². The minimum atomic E-state index is 0. The summed E-state index contributed by atoms with van der Waals surface area (Å²) in [7, 11) is 0. The van der Waals surface area contributed by atoms with Crippen molar-refractivity contribution >= 4 is 34.3 Å². The molecule has 0 aromatic carbocycles. The van der Waals surface area contributed by atoms with Crippen LogP contribution in [0.5, 0.6) is 0 Å². The van der Waals surface area contributed by atoms with Crippen molar-refractivity contribution in [1.82, 2.24) is 5.32 Å². The van der Waals surface area contributed by atoms with Crippen LogP contribution in [0.3, 0.4) is 0 Å². The van der Waals surface area contributed by atoms with Gasteiger partial charge in [0.2, 0.25) is 0 Å². The molecular weight excluding hydrogens is 198 g/mol. The number of nitrogens with one attached hydrogen (secondary N) is 1. The van der Waals surface area contributed by atoms with E-state index in [1.54, 1.807) is 6.20 Å².